The Bertz CT molecular complexity index is 1490. The highest BCUT2D eigenvalue weighted by molar-refractivity contribution is 7.91. The molecular weight excluding hydrogens is 446 g/mol. The lowest BCUT2D eigenvalue weighted by atomic mass is 9.99. The zero-order valence-corrected chi connectivity index (χ0v) is 20.6. The first-order valence-corrected chi connectivity index (χ1v) is 12.8. The molecule has 0 fully saturated rings. The van der Waals surface area contributed by atoms with E-state index in [1.807, 2.05) is 45.9 Å². The van der Waals surface area contributed by atoms with Gasteiger partial charge in [-0.05, 0) is 86.3 Å². The number of ether oxygens (including phenoxy) is 1. The summed E-state index contributed by atoms with van der Waals surface area (Å²) in [6.45, 7) is 8.24. The fraction of sp³-hybridized carbons (Fsp3) is 0.214. The number of aromatic nitrogens is 1. The largest absolute Gasteiger partial charge is 0.494 e. The molecule has 0 spiro atoms. The number of hydrogen-bond acceptors (Lipinski definition) is 5. The summed E-state index contributed by atoms with van der Waals surface area (Å²) >= 11 is 0. The van der Waals surface area contributed by atoms with E-state index in [1.165, 1.54) is 18.3 Å². The van der Waals surface area contributed by atoms with Crippen molar-refractivity contribution in [1.82, 2.24) is 4.98 Å². The zero-order chi connectivity index (χ0) is 24.5. The van der Waals surface area contributed by atoms with Crippen LogP contribution in [0.5, 0.6) is 5.75 Å². The highest BCUT2D eigenvalue weighted by Crippen LogP contribution is 2.33. The van der Waals surface area contributed by atoms with Crippen molar-refractivity contribution in [1.29, 1.82) is 0 Å². The summed E-state index contributed by atoms with van der Waals surface area (Å²) in [5.74, 6) is 0.213. The summed E-state index contributed by atoms with van der Waals surface area (Å²) in [6, 6.07) is 17.2. The Kier molecular flexibility index (Phi) is 6.53. The summed E-state index contributed by atoms with van der Waals surface area (Å²) in [7, 11) is -4.04. The van der Waals surface area contributed by atoms with Crippen LogP contribution in [0.4, 0.5) is 0 Å². The van der Waals surface area contributed by atoms with E-state index in [1.54, 1.807) is 30.3 Å². The lowest BCUT2D eigenvalue weighted by molar-refractivity contribution is 0.103. The van der Waals surface area contributed by atoms with Crippen LogP contribution in [0.3, 0.4) is 0 Å². The second-order valence-corrected chi connectivity index (χ2v) is 10.1. The molecule has 0 saturated heterocycles. The van der Waals surface area contributed by atoms with Gasteiger partial charge in [-0.1, -0.05) is 25.1 Å². The summed E-state index contributed by atoms with van der Waals surface area (Å²) in [4.78, 5) is 18.1. The molecule has 0 N–H and O–H groups in total. The van der Waals surface area contributed by atoms with Crippen LogP contribution in [-0.4, -0.2) is 25.8 Å². The Hall–Kier alpha value is -3.51. The lowest BCUT2D eigenvalue weighted by Gasteiger charge is -2.15. The van der Waals surface area contributed by atoms with Crippen molar-refractivity contribution in [2.45, 2.75) is 43.9 Å². The van der Waals surface area contributed by atoms with Gasteiger partial charge in [0.05, 0.1) is 27.5 Å². The van der Waals surface area contributed by atoms with Gasteiger partial charge in [-0.2, -0.15) is 0 Å². The smallest absolute Gasteiger partial charge is 0.208 e. The van der Waals surface area contributed by atoms with Crippen molar-refractivity contribution in [2.75, 3.05) is 6.61 Å². The SMILES string of the molecule is CCOc1ccc(S(=O)(=O)c2c(C(=O)c3ccc(C)c(C)c3)cnc3ccc(CC)cc23)cc1. The molecule has 0 aliphatic carbocycles. The van der Waals surface area contributed by atoms with Crippen molar-refractivity contribution in [3.05, 3.63) is 94.7 Å². The molecule has 0 aliphatic heterocycles. The van der Waals surface area contributed by atoms with Crippen molar-refractivity contribution >= 4 is 26.5 Å². The molecule has 0 amide bonds. The number of aryl methyl sites for hydroxylation is 3. The molecule has 174 valence electrons. The monoisotopic (exact) mass is 473 g/mol. The molecule has 6 heteroatoms. The number of carbonyl (C=O) groups is 1. The maximum absolute atomic E-state index is 14.0. The van der Waals surface area contributed by atoms with Gasteiger partial charge in [0.1, 0.15) is 5.75 Å². The van der Waals surface area contributed by atoms with E-state index in [0.29, 0.717) is 28.8 Å². The number of fused-ring (bicyclic) bond motifs is 1. The predicted octanol–water partition coefficient (Wildman–Crippen LogP) is 5.88. The first-order valence-electron chi connectivity index (χ1n) is 11.3. The molecule has 1 aromatic heterocycles. The van der Waals surface area contributed by atoms with Crippen molar-refractivity contribution in [2.24, 2.45) is 0 Å². The van der Waals surface area contributed by atoms with Gasteiger partial charge < -0.3 is 4.74 Å². The van der Waals surface area contributed by atoms with Gasteiger partial charge in [0.25, 0.3) is 0 Å². The summed E-state index contributed by atoms with van der Waals surface area (Å²) in [5.41, 5.74) is 4.01. The minimum absolute atomic E-state index is 0.0137. The average Bonchev–Trinajstić information content (AvgIpc) is 2.84. The van der Waals surface area contributed by atoms with Crippen LogP contribution in [0.15, 0.2) is 76.7 Å². The number of carbonyl (C=O) groups excluding carboxylic acids is 1. The molecule has 0 aliphatic rings. The fourth-order valence-corrected chi connectivity index (χ4v) is 5.54. The maximum Gasteiger partial charge on any atom is 0.208 e. The van der Waals surface area contributed by atoms with Crippen LogP contribution in [-0.2, 0) is 16.3 Å². The number of hydrogen-bond donors (Lipinski definition) is 0. The van der Waals surface area contributed by atoms with Gasteiger partial charge in [-0.15, -0.1) is 0 Å². The summed E-state index contributed by atoms with van der Waals surface area (Å²) < 4.78 is 33.4. The Morgan fingerprint density at radius 3 is 2.29 bits per heavy atom. The molecule has 3 aromatic carbocycles. The fourth-order valence-electron chi connectivity index (χ4n) is 3.92. The van der Waals surface area contributed by atoms with Crippen LogP contribution in [0.25, 0.3) is 10.9 Å². The molecule has 0 saturated carbocycles. The lowest BCUT2D eigenvalue weighted by Crippen LogP contribution is -2.13. The summed E-state index contributed by atoms with van der Waals surface area (Å²) in [6.07, 6.45) is 2.11. The third-order valence-electron chi connectivity index (χ3n) is 6.02. The zero-order valence-electron chi connectivity index (χ0n) is 19.8. The van der Waals surface area contributed by atoms with Crippen molar-refractivity contribution < 1.29 is 17.9 Å². The van der Waals surface area contributed by atoms with Crippen molar-refractivity contribution in [3.63, 3.8) is 0 Å². The number of ketones is 1. The molecule has 34 heavy (non-hydrogen) atoms. The average molecular weight is 474 g/mol. The van der Waals surface area contributed by atoms with Gasteiger partial charge in [0.2, 0.25) is 9.84 Å². The second-order valence-electron chi connectivity index (χ2n) is 8.24. The number of benzene rings is 3. The van der Waals surface area contributed by atoms with Crippen LogP contribution in [0, 0.1) is 13.8 Å². The van der Waals surface area contributed by atoms with Gasteiger partial charge in [0, 0.05) is 17.1 Å². The Labute approximate surface area is 200 Å². The third kappa shape index (κ3) is 4.33. The first-order chi connectivity index (χ1) is 16.3. The molecule has 0 atom stereocenters. The number of nitrogens with zero attached hydrogens (tertiary/aromatic N) is 1. The highest BCUT2D eigenvalue weighted by Gasteiger charge is 2.29. The molecule has 5 nitrogen and oxygen atoms in total. The van der Waals surface area contributed by atoms with E-state index in [4.69, 9.17) is 4.74 Å². The van der Waals surface area contributed by atoms with Gasteiger partial charge in [-0.25, -0.2) is 8.42 Å². The molecule has 4 rings (SSSR count). The number of rotatable bonds is 7. The Balaban J connectivity index is 1.98. The minimum Gasteiger partial charge on any atom is -0.494 e. The predicted molar refractivity (Wildman–Crippen MR) is 134 cm³/mol. The normalized spacial score (nSPS) is 11.5. The molecule has 0 unspecified atom stereocenters. The number of sulfone groups is 1. The van der Waals surface area contributed by atoms with E-state index in [2.05, 4.69) is 4.98 Å². The van der Waals surface area contributed by atoms with Gasteiger partial charge in [0.15, 0.2) is 5.78 Å². The van der Waals surface area contributed by atoms with E-state index in [9.17, 15) is 13.2 Å². The minimum atomic E-state index is -4.04. The number of pyridine rings is 1. The quantitative estimate of drug-likeness (QED) is 0.314. The molecule has 1 heterocycles. The van der Waals surface area contributed by atoms with E-state index >= 15 is 0 Å². The molecular formula is C28H27NO4S. The molecule has 4 aromatic rings. The second kappa shape index (κ2) is 9.39. The van der Waals surface area contributed by atoms with Crippen LogP contribution < -0.4 is 4.74 Å². The van der Waals surface area contributed by atoms with E-state index in [-0.39, 0.29) is 21.1 Å². The van der Waals surface area contributed by atoms with Crippen molar-refractivity contribution in [3.8, 4) is 5.75 Å². The first kappa shape index (κ1) is 23.6. The standard InChI is InChI=1S/C28H27NO4S/c1-5-20-8-14-26-24(16-20)28(34(31,32)23-12-10-22(11-13-23)33-6-2)25(17-29-26)27(30)21-9-7-18(3)19(4)15-21/h7-17H,5-6H2,1-4H3. The Morgan fingerprint density at radius 2 is 1.65 bits per heavy atom. The third-order valence-corrected chi connectivity index (χ3v) is 7.89. The van der Waals surface area contributed by atoms with Crippen LogP contribution in [0.1, 0.15) is 46.5 Å². The topological polar surface area (TPSA) is 73.3 Å². The van der Waals surface area contributed by atoms with Crippen LogP contribution >= 0.6 is 0 Å². The van der Waals surface area contributed by atoms with E-state index < -0.39 is 9.84 Å². The highest BCUT2D eigenvalue weighted by atomic mass is 32.2. The summed E-state index contributed by atoms with van der Waals surface area (Å²) in [5, 5.41) is 0.447. The van der Waals surface area contributed by atoms with Crippen LogP contribution in [0.2, 0.25) is 0 Å². The molecule has 0 radical (unpaired) electrons. The Morgan fingerprint density at radius 1 is 0.912 bits per heavy atom. The molecule has 0 bridgehead atoms. The van der Waals surface area contributed by atoms with Gasteiger partial charge in [-0.3, -0.25) is 9.78 Å². The maximum atomic E-state index is 14.0. The van der Waals surface area contributed by atoms with Gasteiger partial charge >= 0.3 is 0 Å². The van der Waals surface area contributed by atoms with E-state index in [0.717, 1.165) is 23.1 Å².